The van der Waals surface area contributed by atoms with Gasteiger partial charge in [-0.2, -0.15) is 0 Å². The molecule has 0 aliphatic heterocycles. The molecule has 3 heteroatoms. The normalized spacial score (nSPS) is 12.8. The Labute approximate surface area is 80.1 Å². The minimum atomic E-state index is 0.170. The average Bonchev–Trinajstić information content (AvgIpc) is 2.17. The first-order valence-corrected chi connectivity index (χ1v) is 16.8. The Bertz CT molecular complexity index is 78.4. The van der Waals surface area contributed by atoms with Crippen molar-refractivity contribution in [2.45, 2.75) is 6.42 Å². The van der Waals surface area contributed by atoms with Crippen molar-refractivity contribution in [3.05, 3.63) is 24.3 Å². The van der Waals surface area contributed by atoms with E-state index < -0.39 is 0 Å². The van der Waals surface area contributed by atoms with Crippen LogP contribution in [0.25, 0.3) is 0 Å². The minimum absolute atomic E-state index is 0.170. The Kier molecular flexibility index (Phi) is 10.8. The third kappa shape index (κ3) is 7.82. The molecular weight excluding hydrogens is 405 g/mol. The standard InChI is InChI=1S/C5H6.2HI.Zr/c1-2-4-5-3-1;;;/h1-4H,5H2;2*1H;/q;;;+2/p-2. The summed E-state index contributed by atoms with van der Waals surface area (Å²) in [7, 11) is 0. The van der Waals surface area contributed by atoms with Gasteiger partial charge < -0.3 is 0 Å². The van der Waals surface area contributed by atoms with Crippen molar-refractivity contribution >= 4 is 36.1 Å². The third-order valence-electron chi connectivity index (χ3n) is 0.655. The van der Waals surface area contributed by atoms with Crippen LogP contribution in [0.15, 0.2) is 24.3 Å². The van der Waals surface area contributed by atoms with Crippen molar-refractivity contribution in [1.29, 1.82) is 0 Å². The Hall–Kier alpha value is 1.82. The van der Waals surface area contributed by atoms with Crippen molar-refractivity contribution in [2.75, 3.05) is 0 Å². The van der Waals surface area contributed by atoms with Crippen LogP contribution in [0.2, 0.25) is 0 Å². The first-order valence-electron chi connectivity index (χ1n) is 2.19. The van der Waals surface area contributed by atoms with Gasteiger partial charge in [0.15, 0.2) is 0 Å². The van der Waals surface area contributed by atoms with Crippen LogP contribution in [0.1, 0.15) is 6.42 Å². The van der Waals surface area contributed by atoms with Crippen LogP contribution in [-0.4, -0.2) is 0 Å². The molecule has 1 aliphatic rings. The number of rotatable bonds is 0. The summed E-state index contributed by atoms with van der Waals surface area (Å²) in [5, 5.41) is 0. The Morgan fingerprint density at radius 2 is 1.50 bits per heavy atom. The monoisotopic (exact) mass is 410 g/mol. The van der Waals surface area contributed by atoms with Crippen molar-refractivity contribution < 1.29 is 14.9 Å². The number of halogens is 2. The molecule has 0 N–H and O–H groups in total. The first-order chi connectivity index (χ1) is 3.91. The zero-order chi connectivity index (χ0) is 6.24. The van der Waals surface area contributed by atoms with Gasteiger partial charge in [0.2, 0.25) is 0 Å². The summed E-state index contributed by atoms with van der Waals surface area (Å²) in [6.45, 7) is 0. The number of allylic oxidation sites excluding steroid dienone is 4. The molecule has 0 aromatic carbocycles. The predicted octanol–water partition coefficient (Wildman–Crippen LogP) is 3.27. The van der Waals surface area contributed by atoms with E-state index >= 15 is 0 Å². The molecule has 8 heavy (non-hydrogen) atoms. The Balaban J connectivity index is 0.000000145. The summed E-state index contributed by atoms with van der Waals surface area (Å²) in [6, 6.07) is 0. The molecule has 0 spiro atoms. The molecule has 0 unspecified atom stereocenters. The van der Waals surface area contributed by atoms with Gasteiger partial charge in [0.25, 0.3) is 0 Å². The molecule has 0 atom stereocenters. The van der Waals surface area contributed by atoms with E-state index in [2.05, 4.69) is 60.4 Å². The topological polar surface area (TPSA) is 0 Å². The molecule has 0 saturated heterocycles. The molecule has 0 heterocycles. The van der Waals surface area contributed by atoms with Crippen molar-refractivity contribution in [2.24, 2.45) is 0 Å². The van der Waals surface area contributed by atoms with Gasteiger partial charge in [-0.05, 0) is 6.42 Å². The second-order valence-electron chi connectivity index (χ2n) is 1.16. The average molecular weight is 411 g/mol. The molecule has 0 saturated carbocycles. The zero-order valence-electron chi connectivity index (χ0n) is 4.27. The molecule has 0 fully saturated rings. The van der Waals surface area contributed by atoms with Gasteiger partial charge in [0.1, 0.15) is 0 Å². The van der Waals surface area contributed by atoms with Crippen molar-refractivity contribution in [1.82, 2.24) is 0 Å². The van der Waals surface area contributed by atoms with Crippen LogP contribution in [0.3, 0.4) is 0 Å². The van der Waals surface area contributed by atoms with E-state index in [0.29, 0.717) is 0 Å². The molecule has 0 radical (unpaired) electrons. The molecule has 0 amide bonds. The summed E-state index contributed by atoms with van der Waals surface area (Å²) >= 11 is 5.06. The van der Waals surface area contributed by atoms with Gasteiger partial charge in [0, 0.05) is 0 Å². The van der Waals surface area contributed by atoms with E-state index in [1.54, 1.807) is 0 Å². The quantitative estimate of drug-likeness (QED) is 0.537. The molecule has 0 nitrogen and oxygen atoms in total. The summed E-state index contributed by atoms with van der Waals surface area (Å²) in [5.74, 6) is 0. The summed E-state index contributed by atoms with van der Waals surface area (Å²) in [4.78, 5) is 0. The SMILES string of the molecule is C1=CCC=C1.[I][Zr][I]. The fourth-order valence-electron chi connectivity index (χ4n) is 0.393. The maximum absolute atomic E-state index is 2.45. The Morgan fingerprint density at radius 3 is 1.62 bits per heavy atom. The Morgan fingerprint density at radius 1 is 1.12 bits per heavy atom. The van der Waals surface area contributed by atoms with E-state index in [4.69, 9.17) is 0 Å². The molecule has 1 rings (SSSR count). The number of hydrogen-bond acceptors (Lipinski definition) is 0. The molecule has 1 aliphatic carbocycles. The van der Waals surface area contributed by atoms with Crippen molar-refractivity contribution in [3.63, 3.8) is 0 Å². The summed E-state index contributed by atoms with van der Waals surface area (Å²) in [5.41, 5.74) is 0. The zero-order valence-corrected chi connectivity index (χ0v) is 11.0. The van der Waals surface area contributed by atoms with Crippen LogP contribution >= 0.6 is 36.1 Å². The van der Waals surface area contributed by atoms with Crippen LogP contribution in [-0.2, 0) is 14.9 Å². The van der Waals surface area contributed by atoms with Gasteiger partial charge in [0.05, 0.1) is 0 Å². The van der Waals surface area contributed by atoms with E-state index in [1.165, 1.54) is 0 Å². The van der Waals surface area contributed by atoms with Gasteiger partial charge in [-0.25, -0.2) is 0 Å². The number of hydrogen-bond donors (Lipinski definition) is 0. The summed E-state index contributed by atoms with van der Waals surface area (Å²) < 4.78 is 0. The van der Waals surface area contributed by atoms with Gasteiger partial charge in [-0.1, -0.05) is 24.3 Å². The van der Waals surface area contributed by atoms with Crippen molar-refractivity contribution in [3.8, 4) is 0 Å². The molecule has 0 aromatic heterocycles. The fraction of sp³-hybridized carbons (Fsp3) is 0.200. The van der Waals surface area contributed by atoms with Crippen LogP contribution in [0.4, 0.5) is 0 Å². The molecule has 44 valence electrons. The third-order valence-corrected chi connectivity index (χ3v) is 0.655. The fourth-order valence-corrected chi connectivity index (χ4v) is 0.393. The molecule has 0 bridgehead atoms. The molecular formula is C5H6I2Zr. The van der Waals surface area contributed by atoms with Gasteiger partial charge in [-0.15, -0.1) is 0 Å². The second kappa shape index (κ2) is 8.82. The van der Waals surface area contributed by atoms with E-state index in [1.807, 2.05) is 0 Å². The van der Waals surface area contributed by atoms with Crippen LogP contribution in [0.5, 0.6) is 0 Å². The second-order valence-corrected chi connectivity index (χ2v) is 20.1. The van der Waals surface area contributed by atoms with Gasteiger partial charge in [-0.3, -0.25) is 0 Å². The van der Waals surface area contributed by atoms with E-state index in [0.717, 1.165) is 6.42 Å². The molecule has 0 aromatic rings. The van der Waals surface area contributed by atoms with Crippen LogP contribution in [0, 0.1) is 0 Å². The first kappa shape index (κ1) is 9.82. The van der Waals surface area contributed by atoms with E-state index in [9.17, 15) is 0 Å². The summed E-state index contributed by atoms with van der Waals surface area (Å²) in [6.07, 6.45) is 9.50. The van der Waals surface area contributed by atoms with Crippen LogP contribution < -0.4 is 0 Å². The van der Waals surface area contributed by atoms with Gasteiger partial charge >= 0.3 is 50.9 Å². The predicted molar refractivity (Wildman–Crippen MR) is 50.9 cm³/mol. The van der Waals surface area contributed by atoms with E-state index in [-0.39, 0.29) is 14.9 Å². The maximum atomic E-state index is 2.45.